The molecule has 0 aliphatic heterocycles. The fourth-order valence-electron chi connectivity index (χ4n) is 2.23. The number of aryl methyl sites for hydroxylation is 1. The van der Waals surface area contributed by atoms with Crippen molar-refractivity contribution in [2.24, 2.45) is 0 Å². The molecule has 0 unspecified atom stereocenters. The highest BCUT2D eigenvalue weighted by atomic mass is 35.5. The smallest absolute Gasteiger partial charge is 0.226 e. The summed E-state index contributed by atoms with van der Waals surface area (Å²) in [6.45, 7) is 2.06. The molecule has 1 N–H and O–H groups in total. The number of rotatable bonds is 6. The number of amides is 1. The Kier molecular flexibility index (Phi) is 6.59. The minimum absolute atomic E-state index is 0.0484. The summed E-state index contributed by atoms with van der Waals surface area (Å²) >= 11 is 15.2. The van der Waals surface area contributed by atoms with Gasteiger partial charge in [-0.3, -0.25) is 4.79 Å². The Morgan fingerprint density at radius 3 is 2.69 bits per heavy atom. The highest BCUT2D eigenvalue weighted by Crippen LogP contribution is 2.32. The van der Waals surface area contributed by atoms with E-state index in [1.54, 1.807) is 23.9 Å². The largest absolute Gasteiger partial charge is 0.302 e. The van der Waals surface area contributed by atoms with Crippen molar-refractivity contribution in [3.8, 4) is 11.3 Å². The zero-order chi connectivity index (χ0) is 18.5. The van der Waals surface area contributed by atoms with E-state index < -0.39 is 0 Å². The number of aromatic nitrogens is 1. The molecule has 0 aliphatic carbocycles. The molecule has 1 heterocycles. The quantitative estimate of drug-likeness (QED) is 0.458. The number of anilines is 1. The van der Waals surface area contributed by atoms with Gasteiger partial charge in [-0.2, -0.15) is 0 Å². The van der Waals surface area contributed by atoms with Gasteiger partial charge in [0, 0.05) is 33.0 Å². The van der Waals surface area contributed by atoms with Crippen LogP contribution in [-0.4, -0.2) is 16.6 Å². The van der Waals surface area contributed by atoms with E-state index in [1.807, 2.05) is 11.4 Å². The Bertz CT molecular complexity index is 910. The van der Waals surface area contributed by atoms with Crippen molar-refractivity contribution in [3.05, 3.63) is 63.5 Å². The molecule has 3 aromatic rings. The summed E-state index contributed by atoms with van der Waals surface area (Å²) in [5.74, 6) is 0.670. The summed E-state index contributed by atoms with van der Waals surface area (Å²) in [6, 6.07) is 13.6. The van der Waals surface area contributed by atoms with Crippen molar-refractivity contribution in [2.45, 2.75) is 18.2 Å². The fraction of sp³-hybridized carbons (Fsp3) is 0.158. The second-order valence-corrected chi connectivity index (χ2v) is 8.49. The zero-order valence-electron chi connectivity index (χ0n) is 14.0. The van der Waals surface area contributed by atoms with Crippen LogP contribution in [0.3, 0.4) is 0 Å². The van der Waals surface area contributed by atoms with E-state index >= 15 is 0 Å². The van der Waals surface area contributed by atoms with Crippen LogP contribution < -0.4 is 5.32 Å². The van der Waals surface area contributed by atoms with Crippen molar-refractivity contribution >= 4 is 57.3 Å². The highest BCUT2D eigenvalue weighted by Gasteiger charge is 2.11. The molecule has 7 heteroatoms. The summed E-state index contributed by atoms with van der Waals surface area (Å²) in [6.07, 6.45) is 0.426. The predicted molar refractivity (Wildman–Crippen MR) is 113 cm³/mol. The minimum Gasteiger partial charge on any atom is -0.302 e. The third-order valence-corrected chi connectivity index (χ3v) is 5.90. The van der Waals surface area contributed by atoms with Crippen molar-refractivity contribution < 1.29 is 4.79 Å². The normalized spacial score (nSPS) is 10.7. The van der Waals surface area contributed by atoms with E-state index in [9.17, 15) is 4.79 Å². The SMILES string of the molecule is Cc1ccc(SCCC(=O)Nc2nc(-c3ccc(Cl)cc3Cl)cs2)cc1. The van der Waals surface area contributed by atoms with E-state index in [0.29, 0.717) is 21.6 Å². The maximum atomic E-state index is 12.1. The van der Waals surface area contributed by atoms with E-state index in [2.05, 4.69) is 41.5 Å². The lowest BCUT2D eigenvalue weighted by molar-refractivity contribution is -0.115. The van der Waals surface area contributed by atoms with Gasteiger partial charge in [0.25, 0.3) is 0 Å². The second kappa shape index (κ2) is 8.91. The standard InChI is InChI=1S/C19H16Cl2N2OS2/c1-12-2-5-14(6-3-12)25-9-8-18(24)23-19-22-17(11-26-19)15-7-4-13(20)10-16(15)21/h2-7,10-11H,8-9H2,1H3,(H,22,23,24). The average Bonchev–Trinajstić information content (AvgIpc) is 3.04. The fourth-order valence-corrected chi connectivity index (χ4v) is 4.31. The molecule has 0 fully saturated rings. The van der Waals surface area contributed by atoms with Gasteiger partial charge in [0.2, 0.25) is 5.91 Å². The first-order valence-electron chi connectivity index (χ1n) is 7.91. The average molecular weight is 423 g/mol. The molecular formula is C19H16Cl2N2OS2. The van der Waals surface area contributed by atoms with Crippen LogP contribution in [0.4, 0.5) is 5.13 Å². The molecule has 2 aromatic carbocycles. The van der Waals surface area contributed by atoms with E-state index in [4.69, 9.17) is 23.2 Å². The van der Waals surface area contributed by atoms with Crippen LogP contribution in [0.5, 0.6) is 0 Å². The number of thiazole rings is 1. The minimum atomic E-state index is -0.0484. The molecular weight excluding hydrogens is 407 g/mol. The van der Waals surface area contributed by atoms with Gasteiger partial charge in [-0.15, -0.1) is 23.1 Å². The number of nitrogens with one attached hydrogen (secondary N) is 1. The number of thioether (sulfide) groups is 1. The monoisotopic (exact) mass is 422 g/mol. The molecule has 1 aromatic heterocycles. The molecule has 3 rings (SSSR count). The Hall–Kier alpha value is -1.53. The van der Waals surface area contributed by atoms with Gasteiger partial charge in [0.1, 0.15) is 0 Å². The third-order valence-electron chi connectivity index (χ3n) is 3.58. The van der Waals surface area contributed by atoms with Crippen LogP contribution in [0.2, 0.25) is 10.0 Å². The number of hydrogen-bond acceptors (Lipinski definition) is 4. The van der Waals surface area contributed by atoms with Crippen LogP contribution in [0.15, 0.2) is 52.7 Å². The Balaban J connectivity index is 1.53. The summed E-state index contributed by atoms with van der Waals surface area (Å²) in [5, 5.41) is 6.39. The van der Waals surface area contributed by atoms with Crippen LogP contribution in [0, 0.1) is 6.92 Å². The van der Waals surface area contributed by atoms with E-state index in [0.717, 1.165) is 21.9 Å². The number of carbonyl (C=O) groups is 1. The molecule has 0 saturated heterocycles. The van der Waals surface area contributed by atoms with Crippen LogP contribution in [0.25, 0.3) is 11.3 Å². The zero-order valence-corrected chi connectivity index (χ0v) is 17.1. The summed E-state index contributed by atoms with van der Waals surface area (Å²) < 4.78 is 0. The molecule has 3 nitrogen and oxygen atoms in total. The highest BCUT2D eigenvalue weighted by molar-refractivity contribution is 7.99. The molecule has 134 valence electrons. The van der Waals surface area contributed by atoms with Gasteiger partial charge >= 0.3 is 0 Å². The summed E-state index contributed by atoms with van der Waals surface area (Å²) in [7, 11) is 0. The molecule has 0 bridgehead atoms. The molecule has 0 saturated carbocycles. The Labute approximate surface area is 170 Å². The van der Waals surface area contributed by atoms with Crippen LogP contribution in [0.1, 0.15) is 12.0 Å². The molecule has 0 radical (unpaired) electrons. The molecule has 0 atom stereocenters. The van der Waals surface area contributed by atoms with Crippen molar-refractivity contribution in [1.29, 1.82) is 0 Å². The van der Waals surface area contributed by atoms with E-state index in [-0.39, 0.29) is 5.91 Å². The Morgan fingerprint density at radius 2 is 1.96 bits per heavy atom. The molecule has 1 amide bonds. The third kappa shape index (κ3) is 5.24. The first kappa shape index (κ1) is 19.2. The molecule has 0 spiro atoms. The number of nitrogens with zero attached hydrogens (tertiary/aromatic N) is 1. The van der Waals surface area contributed by atoms with Crippen LogP contribution >= 0.6 is 46.3 Å². The lowest BCUT2D eigenvalue weighted by Crippen LogP contribution is -2.11. The number of hydrogen-bond donors (Lipinski definition) is 1. The first-order valence-corrected chi connectivity index (χ1v) is 10.5. The van der Waals surface area contributed by atoms with Crippen LogP contribution in [-0.2, 0) is 4.79 Å². The molecule has 26 heavy (non-hydrogen) atoms. The topological polar surface area (TPSA) is 42.0 Å². The lowest BCUT2D eigenvalue weighted by Gasteiger charge is -2.03. The van der Waals surface area contributed by atoms with Crippen molar-refractivity contribution in [2.75, 3.05) is 11.1 Å². The number of benzene rings is 2. The lowest BCUT2D eigenvalue weighted by atomic mass is 10.2. The van der Waals surface area contributed by atoms with E-state index in [1.165, 1.54) is 16.9 Å². The van der Waals surface area contributed by atoms with Gasteiger partial charge in [0.05, 0.1) is 10.7 Å². The maximum Gasteiger partial charge on any atom is 0.226 e. The predicted octanol–water partition coefficient (Wildman–Crippen LogP) is 6.55. The van der Waals surface area contributed by atoms with Gasteiger partial charge < -0.3 is 5.32 Å². The second-order valence-electron chi connectivity index (χ2n) is 5.62. The van der Waals surface area contributed by atoms with Crippen molar-refractivity contribution in [1.82, 2.24) is 4.98 Å². The van der Waals surface area contributed by atoms with Gasteiger partial charge in [0.15, 0.2) is 5.13 Å². The summed E-state index contributed by atoms with van der Waals surface area (Å²) in [4.78, 5) is 17.7. The van der Waals surface area contributed by atoms with Gasteiger partial charge in [-0.25, -0.2) is 4.98 Å². The number of halogens is 2. The number of carbonyl (C=O) groups excluding carboxylic acids is 1. The van der Waals surface area contributed by atoms with Gasteiger partial charge in [-0.1, -0.05) is 40.9 Å². The van der Waals surface area contributed by atoms with Gasteiger partial charge in [-0.05, 0) is 37.3 Å². The molecule has 0 aliphatic rings. The first-order chi connectivity index (χ1) is 12.5. The van der Waals surface area contributed by atoms with Crippen molar-refractivity contribution in [3.63, 3.8) is 0 Å². The summed E-state index contributed by atoms with van der Waals surface area (Å²) in [5.41, 5.74) is 2.75. The Morgan fingerprint density at radius 1 is 1.19 bits per heavy atom. The maximum absolute atomic E-state index is 12.1.